The minimum absolute atomic E-state index is 0.186. The Kier molecular flexibility index (Phi) is 8.12. The van der Waals surface area contributed by atoms with Gasteiger partial charge in [-0.1, -0.05) is 97.1 Å². The molecular formula is C37H26N4O8S2. The largest absolute Gasteiger partial charge is 0.289 e. The summed E-state index contributed by atoms with van der Waals surface area (Å²) in [6.07, 6.45) is 0. The van der Waals surface area contributed by atoms with E-state index in [1.54, 1.807) is 48.5 Å². The van der Waals surface area contributed by atoms with E-state index in [-0.39, 0.29) is 11.4 Å². The van der Waals surface area contributed by atoms with Crippen molar-refractivity contribution in [3.63, 3.8) is 0 Å². The van der Waals surface area contributed by atoms with Crippen LogP contribution in [-0.2, 0) is 25.5 Å². The molecule has 0 aliphatic heterocycles. The molecule has 0 heterocycles. The number of sulfonamides is 2. The van der Waals surface area contributed by atoms with Gasteiger partial charge in [-0.25, -0.2) is 16.8 Å². The van der Waals surface area contributed by atoms with E-state index in [0.29, 0.717) is 0 Å². The first-order chi connectivity index (χ1) is 24.4. The second-order valence-corrected chi connectivity index (χ2v) is 15.0. The fourth-order valence-electron chi connectivity index (χ4n) is 6.69. The minimum atomic E-state index is -4.32. The van der Waals surface area contributed by atoms with Crippen molar-refractivity contribution in [1.29, 1.82) is 0 Å². The maximum Gasteiger partial charge on any atom is 0.289 e. The minimum Gasteiger partial charge on any atom is -0.279 e. The maximum atomic E-state index is 13.3. The molecular weight excluding hydrogens is 693 g/mol. The molecule has 6 aromatic carbocycles. The lowest BCUT2D eigenvalue weighted by atomic mass is 9.67. The van der Waals surface area contributed by atoms with Gasteiger partial charge in [0.25, 0.3) is 31.4 Å². The van der Waals surface area contributed by atoms with E-state index in [9.17, 15) is 37.1 Å². The van der Waals surface area contributed by atoms with Crippen LogP contribution in [0, 0.1) is 20.2 Å². The summed E-state index contributed by atoms with van der Waals surface area (Å²) in [7, 11) is -8.64. The van der Waals surface area contributed by atoms with Gasteiger partial charge in [-0.05, 0) is 69.8 Å². The first kappa shape index (κ1) is 33.1. The van der Waals surface area contributed by atoms with Crippen LogP contribution in [-0.4, -0.2) is 26.7 Å². The Morgan fingerprint density at radius 3 is 1.16 bits per heavy atom. The van der Waals surface area contributed by atoms with Crippen LogP contribution in [0.15, 0.2) is 155 Å². The number of nitrogens with zero attached hydrogens (tertiary/aromatic N) is 2. The van der Waals surface area contributed by atoms with Gasteiger partial charge in [-0.15, -0.1) is 0 Å². The highest BCUT2D eigenvalue weighted by atomic mass is 32.2. The van der Waals surface area contributed by atoms with Gasteiger partial charge in [0.2, 0.25) is 0 Å². The number of rotatable bonds is 10. The normalized spacial score (nSPS) is 13.1. The monoisotopic (exact) mass is 718 g/mol. The van der Waals surface area contributed by atoms with Crippen LogP contribution in [0.1, 0.15) is 22.3 Å². The number of anilines is 2. The molecule has 1 aliphatic carbocycles. The van der Waals surface area contributed by atoms with Gasteiger partial charge in [0.05, 0.1) is 15.3 Å². The molecule has 0 saturated heterocycles. The molecule has 0 aromatic heterocycles. The molecule has 0 spiro atoms. The third-order valence-electron chi connectivity index (χ3n) is 8.80. The number of nitro groups is 2. The van der Waals surface area contributed by atoms with Gasteiger partial charge in [0.15, 0.2) is 9.79 Å². The topological polar surface area (TPSA) is 179 Å². The van der Waals surface area contributed by atoms with Crippen LogP contribution in [0.25, 0.3) is 11.1 Å². The standard InChI is InChI=1S/C37H26N4O8S2/c42-40(43)33-13-5-7-15-35(33)50(46,47)38-27-21-17-25(18-22-27)37(31-11-3-1-9-29(31)30-10-2-4-12-32(30)37)26-19-23-28(24-20-26)39-51(48,49)36-16-8-6-14-34(36)41(44)45/h1-24,38-39H. The van der Waals surface area contributed by atoms with Crippen LogP contribution in [0.2, 0.25) is 0 Å². The molecule has 0 radical (unpaired) electrons. The lowest BCUT2D eigenvalue weighted by Gasteiger charge is -2.34. The Labute approximate surface area is 292 Å². The van der Waals surface area contributed by atoms with Gasteiger partial charge in [-0.3, -0.25) is 29.7 Å². The molecule has 0 bridgehead atoms. The molecule has 14 heteroatoms. The lowest BCUT2D eigenvalue weighted by molar-refractivity contribution is -0.388. The van der Waals surface area contributed by atoms with E-state index in [2.05, 4.69) is 9.44 Å². The second kappa shape index (κ2) is 12.5. The number of hydrogen-bond donors (Lipinski definition) is 2. The highest BCUT2D eigenvalue weighted by Gasteiger charge is 2.46. The molecule has 1 aliphatic rings. The summed E-state index contributed by atoms with van der Waals surface area (Å²) in [5.41, 5.74) is 3.71. The number of benzene rings is 6. The fraction of sp³-hybridized carbons (Fsp3) is 0.0270. The molecule has 0 atom stereocenters. The molecule has 7 rings (SSSR count). The molecule has 6 aromatic rings. The van der Waals surface area contributed by atoms with E-state index in [1.807, 2.05) is 48.5 Å². The predicted molar refractivity (Wildman–Crippen MR) is 192 cm³/mol. The summed E-state index contributed by atoms with van der Waals surface area (Å²) in [5.74, 6) is 0. The molecule has 0 fully saturated rings. The van der Waals surface area contributed by atoms with Crippen molar-refractivity contribution in [3.05, 3.63) is 188 Å². The third kappa shape index (κ3) is 5.65. The first-order valence-corrected chi connectivity index (χ1v) is 18.3. The van der Waals surface area contributed by atoms with E-state index < -0.39 is 56.5 Å². The van der Waals surface area contributed by atoms with Crippen molar-refractivity contribution in [2.75, 3.05) is 9.44 Å². The van der Waals surface area contributed by atoms with Crippen molar-refractivity contribution in [2.24, 2.45) is 0 Å². The summed E-state index contributed by atoms with van der Waals surface area (Å²) in [4.78, 5) is 20.6. The Hall–Kier alpha value is -6.38. The SMILES string of the molecule is O=[N+]([O-])c1ccccc1S(=O)(=O)Nc1ccc(C2(c3ccc(NS(=O)(=O)c4ccccc4[N+](=O)[O-])cc3)c3ccccc3-c3ccccc32)cc1. The summed E-state index contributed by atoms with van der Waals surface area (Å²) >= 11 is 0. The number of nitrogens with one attached hydrogen (secondary N) is 2. The molecule has 51 heavy (non-hydrogen) atoms. The van der Waals surface area contributed by atoms with Crippen LogP contribution in [0.4, 0.5) is 22.7 Å². The predicted octanol–water partition coefficient (Wildman–Crippen LogP) is 7.47. The maximum absolute atomic E-state index is 13.3. The van der Waals surface area contributed by atoms with Crippen LogP contribution < -0.4 is 9.44 Å². The van der Waals surface area contributed by atoms with Crippen molar-refractivity contribution >= 4 is 42.8 Å². The lowest BCUT2D eigenvalue weighted by Crippen LogP contribution is -2.28. The number of nitro benzene ring substituents is 2. The van der Waals surface area contributed by atoms with Gasteiger partial charge in [0, 0.05) is 23.5 Å². The highest BCUT2D eigenvalue weighted by Crippen LogP contribution is 2.56. The molecule has 0 unspecified atom stereocenters. The highest BCUT2D eigenvalue weighted by molar-refractivity contribution is 7.93. The molecule has 0 amide bonds. The Morgan fingerprint density at radius 1 is 0.451 bits per heavy atom. The number of hydrogen-bond acceptors (Lipinski definition) is 8. The zero-order chi connectivity index (χ0) is 36.0. The zero-order valence-electron chi connectivity index (χ0n) is 26.3. The first-order valence-electron chi connectivity index (χ1n) is 15.4. The zero-order valence-corrected chi connectivity index (χ0v) is 28.0. The summed E-state index contributed by atoms with van der Waals surface area (Å²) in [5, 5.41) is 23.1. The van der Waals surface area contributed by atoms with Crippen LogP contribution >= 0.6 is 0 Å². The quantitative estimate of drug-likeness (QED) is 0.108. The summed E-state index contributed by atoms with van der Waals surface area (Å²) in [6.45, 7) is 0. The summed E-state index contributed by atoms with van der Waals surface area (Å²) < 4.78 is 57.9. The van der Waals surface area contributed by atoms with E-state index >= 15 is 0 Å². The van der Waals surface area contributed by atoms with E-state index in [4.69, 9.17) is 0 Å². The van der Waals surface area contributed by atoms with Gasteiger partial charge < -0.3 is 0 Å². The smallest absolute Gasteiger partial charge is 0.279 e. The van der Waals surface area contributed by atoms with Crippen LogP contribution in [0.3, 0.4) is 0 Å². The molecule has 0 saturated carbocycles. The van der Waals surface area contributed by atoms with Crippen molar-refractivity contribution in [3.8, 4) is 11.1 Å². The van der Waals surface area contributed by atoms with Crippen molar-refractivity contribution in [2.45, 2.75) is 15.2 Å². The van der Waals surface area contributed by atoms with Crippen LogP contribution in [0.5, 0.6) is 0 Å². The number of fused-ring (bicyclic) bond motifs is 3. The molecule has 254 valence electrons. The van der Waals surface area contributed by atoms with Crippen molar-refractivity contribution in [1.82, 2.24) is 0 Å². The van der Waals surface area contributed by atoms with E-state index in [0.717, 1.165) is 45.5 Å². The second-order valence-electron chi connectivity index (χ2n) is 11.7. The van der Waals surface area contributed by atoms with Gasteiger partial charge in [0.1, 0.15) is 0 Å². The Morgan fingerprint density at radius 2 is 0.784 bits per heavy atom. The van der Waals surface area contributed by atoms with E-state index in [1.165, 1.54) is 36.4 Å². The summed E-state index contributed by atoms with van der Waals surface area (Å²) in [6, 6.07) is 39.4. The number of para-hydroxylation sites is 2. The van der Waals surface area contributed by atoms with Gasteiger partial charge >= 0.3 is 0 Å². The fourth-order valence-corrected chi connectivity index (χ4v) is 9.15. The van der Waals surface area contributed by atoms with Crippen molar-refractivity contribution < 1.29 is 26.7 Å². The van der Waals surface area contributed by atoms with Gasteiger partial charge in [-0.2, -0.15) is 0 Å². The molecule has 2 N–H and O–H groups in total. The average molecular weight is 719 g/mol. The average Bonchev–Trinajstić information content (AvgIpc) is 3.43. The Balaban J connectivity index is 1.31. The molecule has 12 nitrogen and oxygen atoms in total. The third-order valence-corrected chi connectivity index (χ3v) is 11.7. The Bertz CT molecular complexity index is 2390.